The molecule has 1 aromatic carbocycles. The van der Waals surface area contributed by atoms with Crippen LogP contribution < -0.4 is 9.80 Å². The van der Waals surface area contributed by atoms with Crippen molar-refractivity contribution in [2.24, 2.45) is 0 Å². The first-order valence-corrected chi connectivity index (χ1v) is 11.2. The van der Waals surface area contributed by atoms with Crippen LogP contribution in [0.25, 0.3) is 22.3 Å². The minimum atomic E-state index is 0.00230. The third-order valence-electron chi connectivity index (χ3n) is 5.95. The van der Waals surface area contributed by atoms with Crippen LogP contribution in [-0.4, -0.2) is 71.7 Å². The lowest BCUT2D eigenvalue weighted by Crippen LogP contribution is -2.46. The van der Waals surface area contributed by atoms with E-state index in [-0.39, 0.29) is 18.8 Å². The zero-order chi connectivity index (χ0) is 22.1. The Bertz CT molecular complexity index is 1090. The SMILES string of the molecule is CC1CN(c2nc(N3CCOCC3)c3ccc(-c4cccc(CO)c4)nc3n2)CC(C)O1. The number of benzene rings is 1. The molecule has 5 rings (SSSR count). The fraction of sp³-hybridized carbons (Fsp3) is 0.458. The number of nitrogens with zero attached hydrogens (tertiary/aromatic N) is 5. The van der Waals surface area contributed by atoms with Crippen molar-refractivity contribution in [2.75, 3.05) is 49.2 Å². The lowest BCUT2D eigenvalue weighted by atomic mass is 10.1. The van der Waals surface area contributed by atoms with E-state index in [0.29, 0.717) is 24.8 Å². The smallest absolute Gasteiger partial charge is 0.229 e. The number of anilines is 2. The van der Waals surface area contributed by atoms with E-state index in [4.69, 9.17) is 24.4 Å². The van der Waals surface area contributed by atoms with Crippen molar-refractivity contribution in [3.05, 3.63) is 42.0 Å². The first-order valence-electron chi connectivity index (χ1n) is 11.2. The highest BCUT2D eigenvalue weighted by Crippen LogP contribution is 2.30. The van der Waals surface area contributed by atoms with E-state index in [2.05, 4.69) is 29.7 Å². The number of hydrogen-bond acceptors (Lipinski definition) is 8. The molecule has 2 aliphatic heterocycles. The zero-order valence-electron chi connectivity index (χ0n) is 18.6. The topological polar surface area (TPSA) is 83.8 Å². The summed E-state index contributed by atoms with van der Waals surface area (Å²) in [6.07, 6.45) is 0.232. The van der Waals surface area contributed by atoms with Crippen LogP contribution in [0, 0.1) is 0 Å². The highest BCUT2D eigenvalue weighted by molar-refractivity contribution is 5.90. The van der Waals surface area contributed by atoms with Gasteiger partial charge in [0, 0.05) is 31.7 Å². The standard InChI is InChI=1S/C24H29N5O3/c1-16-13-29(14-17(2)32-16)24-26-22-20(23(27-24)28-8-10-31-11-9-28)6-7-21(25-22)19-5-3-4-18(12-19)15-30/h3-7,12,16-17,30H,8-11,13-15H2,1-2H3. The van der Waals surface area contributed by atoms with E-state index in [0.717, 1.165) is 54.2 Å². The van der Waals surface area contributed by atoms with Crippen LogP contribution in [0.3, 0.4) is 0 Å². The van der Waals surface area contributed by atoms with E-state index in [1.54, 1.807) is 0 Å². The molecule has 0 bridgehead atoms. The molecule has 2 atom stereocenters. The normalized spacial score (nSPS) is 21.8. The highest BCUT2D eigenvalue weighted by atomic mass is 16.5. The Morgan fingerprint density at radius 2 is 1.75 bits per heavy atom. The molecule has 2 fully saturated rings. The summed E-state index contributed by atoms with van der Waals surface area (Å²) in [5.74, 6) is 1.60. The van der Waals surface area contributed by atoms with Gasteiger partial charge >= 0.3 is 0 Å². The largest absolute Gasteiger partial charge is 0.392 e. The molecule has 0 aliphatic carbocycles. The Morgan fingerprint density at radius 3 is 2.50 bits per heavy atom. The van der Waals surface area contributed by atoms with Gasteiger partial charge in [0.1, 0.15) is 5.82 Å². The number of fused-ring (bicyclic) bond motifs is 1. The molecule has 2 unspecified atom stereocenters. The maximum Gasteiger partial charge on any atom is 0.229 e. The predicted molar refractivity (Wildman–Crippen MR) is 124 cm³/mol. The van der Waals surface area contributed by atoms with E-state index < -0.39 is 0 Å². The maximum absolute atomic E-state index is 9.51. The van der Waals surface area contributed by atoms with E-state index in [1.807, 2.05) is 30.3 Å². The molecule has 4 heterocycles. The Morgan fingerprint density at radius 1 is 0.969 bits per heavy atom. The van der Waals surface area contributed by atoms with Crippen molar-refractivity contribution < 1.29 is 14.6 Å². The second-order valence-electron chi connectivity index (χ2n) is 8.54. The van der Waals surface area contributed by atoms with Gasteiger partial charge in [-0.2, -0.15) is 9.97 Å². The van der Waals surface area contributed by atoms with Gasteiger partial charge in [-0.15, -0.1) is 0 Å². The highest BCUT2D eigenvalue weighted by Gasteiger charge is 2.26. The van der Waals surface area contributed by atoms with Gasteiger partial charge in [0.05, 0.1) is 43.1 Å². The van der Waals surface area contributed by atoms with Crippen LogP contribution in [-0.2, 0) is 16.1 Å². The number of ether oxygens (including phenoxy) is 2. The van der Waals surface area contributed by atoms with Crippen molar-refractivity contribution in [3.63, 3.8) is 0 Å². The van der Waals surface area contributed by atoms with Gasteiger partial charge < -0.3 is 24.4 Å². The second kappa shape index (κ2) is 8.97. The van der Waals surface area contributed by atoms with E-state index >= 15 is 0 Å². The van der Waals surface area contributed by atoms with Gasteiger partial charge in [0.15, 0.2) is 5.65 Å². The van der Waals surface area contributed by atoms with Gasteiger partial charge in [-0.1, -0.05) is 18.2 Å². The van der Waals surface area contributed by atoms with Crippen LogP contribution in [0.5, 0.6) is 0 Å². The van der Waals surface area contributed by atoms with Crippen molar-refractivity contribution in [3.8, 4) is 11.3 Å². The summed E-state index contributed by atoms with van der Waals surface area (Å²) in [6, 6.07) is 11.9. The average molecular weight is 436 g/mol. The first kappa shape index (κ1) is 21.1. The molecule has 0 amide bonds. The molecule has 1 N–H and O–H groups in total. The maximum atomic E-state index is 9.51. The van der Waals surface area contributed by atoms with Crippen molar-refractivity contribution >= 4 is 22.8 Å². The third-order valence-corrected chi connectivity index (χ3v) is 5.95. The van der Waals surface area contributed by atoms with Gasteiger partial charge in [-0.25, -0.2) is 4.98 Å². The summed E-state index contributed by atoms with van der Waals surface area (Å²) < 4.78 is 11.5. The fourth-order valence-electron chi connectivity index (χ4n) is 4.47. The summed E-state index contributed by atoms with van der Waals surface area (Å²) in [6.45, 7) is 8.62. The van der Waals surface area contributed by atoms with Crippen LogP contribution in [0.4, 0.5) is 11.8 Å². The quantitative estimate of drug-likeness (QED) is 0.670. The number of aliphatic hydroxyl groups is 1. The number of pyridine rings is 1. The Balaban J connectivity index is 1.61. The summed E-state index contributed by atoms with van der Waals surface area (Å²) in [5, 5.41) is 10.4. The van der Waals surface area contributed by atoms with Crippen molar-refractivity contribution in [1.29, 1.82) is 0 Å². The molecular weight excluding hydrogens is 406 g/mol. The molecule has 0 spiro atoms. The van der Waals surface area contributed by atoms with Gasteiger partial charge in [0.2, 0.25) is 5.95 Å². The summed E-state index contributed by atoms with van der Waals surface area (Å²) >= 11 is 0. The minimum absolute atomic E-state index is 0.00230. The van der Waals surface area contributed by atoms with Gasteiger partial charge in [0.25, 0.3) is 0 Å². The summed E-state index contributed by atoms with van der Waals surface area (Å²) in [5.41, 5.74) is 3.32. The number of morpholine rings is 2. The number of rotatable bonds is 4. The number of hydrogen-bond donors (Lipinski definition) is 1. The molecule has 0 radical (unpaired) electrons. The Kier molecular flexibility index (Phi) is 5.91. The third kappa shape index (κ3) is 4.26. The molecule has 2 saturated heterocycles. The van der Waals surface area contributed by atoms with Crippen LogP contribution in [0.1, 0.15) is 19.4 Å². The molecule has 0 saturated carbocycles. The fourth-order valence-corrected chi connectivity index (χ4v) is 4.47. The molecule has 2 aromatic heterocycles. The Hall–Kier alpha value is -2.81. The van der Waals surface area contributed by atoms with Crippen LogP contribution >= 0.6 is 0 Å². The van der Waals surface area contributed by atoms with Crippen LogP contribution in [0.2, 0.25) is 0 Å². The van der Waals surface area contributed by atoms with E-state index in [9.17, 15) is 5.11 Å². The molecule has 168 valence electrons. The minimum Gasteiger partial charge on any atom is -0.392 e. The number of aliphatic hydroxyl groups excluding tert-OH is 1. The van der Waals surface area contributed by atoms with Gasteiger partial charge in [-0.05, 0) is 37.6 Å². The lowest BCUT2D eigenvalue weighted by Gasteiger charge is -2.36. The zero-order valence-corrected chi connectivity index (χ0v) is 18.6. The average Bonchev–Trinajstić information content (AvgIpc) is 2.83. The monoisotopic (exact) mass is 435 g/mol. The van der Waals surface area contributed by atoms with Crippen molar-refractivity contribution in [2.45, 2.75) is 32.7 Å². The van der Waals surface area contributed by atoms with E-state index in [1.165, 1.54) is 0 Å². The van der Waals surface area contributed by atoms with Crippen molar-refractivity contribution in [1.82, 2.24) is 15.0 Å². The molecular formula is C24H29N5O3. The Labute approximate surface area is 187 Å². The summed E-state index contributed by atoms with van der Waals surface area (Å²) in [4.78, 5) is 19.3. The predicted octanol–water partition coefficient (Wildman–Crippen LogP) is 2.63. The molecule has 32 heavy (non-hydrogen) atoms. The molecule has 2 aliphatic rings. The molecule has 3 aromatic rings. The second-order valence-corrected chi connectivity index (χ2v) is 8.54. The molecule has 8 heteroatoms. The van der Waals surface area contributed by atoms with Crippen LogP contribution in [0.15, 0.2) is 36.4 Å². The first-order chi connectivity index (χ1) is 15.6. The summed E-state index contributed by atoms with van der Waals surface area (Å²) in [7, 11) is 0. The number of aromatic nitrogens is 3. The van der Waals surface area contributed by atoms with Gasteiger partial charge in [-0.3, -0.25) is 0 Å². The lowest BCUT2D eigenvalue weighted by molar-refractivity contribution is -0.00570. The molecule has 8 nitrogen and oxygen atoms in total.